The number of benzene rings is 2. The van der Waals surface area contributed by atoms with Gasteiger partial charge in [-0.3, -0.25) is 4.79 Å². The lowest BCUT2D eigenvalue weighted by Gasteiger charge is -2.22. The maximum atomic E-state index is 13.2. The second kappa shape index (κ2) is 7.93. The Labute approximate surface area is 167 Å². The lowest BCUT2D eigenvalue weighted by atomic mass is 10.1. The van der Waals surface area contributed by atoms with E-state index in [0.29, 0.717) is 5.56 Å². The van der Waals surface area contributed by atoms with Crippen LogP contribution in [0.2, 0.25) is 0 Å². The fraction of sp³-hybridized carbons (Fsp3) is 0.381. The van der Waals surface area contributed by atoms with Crippen LogP contribution in [0.4, 0.5) is 11.4 Å². The van der Waals surface area contributed by atoms with E-state index in [9.17, 15) is 13.2 Å². The molecule has 0 aromatic heterocycles. The Balaban J connectivity index is 2.04. The van der Waals surface area contributed by atoms with Gasteiger partial charge in [-0.2, -0.15) is 0 Å². The summed E-state index contributed by atoms with van der Waals surface area (Å²) in [6, 6.07) is 10.6. The molecule has 0 atom stereocenters. The molecule has 3 rings (SSSR count). The second-order valence-electron chi connectivity index (χ2n) is 7.36. The number of hydrogen-bond acceptors (Lipinski definition) is 4. The second-order valence-corrected chi connectivity index (χ2v) is 9.51. The highest BCUT2D eigenvalue weighted by atomic mass is 32.2. The van der Waals surface area contributed by atoms with Crippen LogP contribution in [0.15, 0.2) is 41.3 Å². The average molecular weight is 402 g/mol. The van der Waals surface area contributed by atoms with E-state index in [4.69, 9.17) is 0 Å². The molecule has 1 N–H and O–H groups in total. The van der Waals surface area contributed by atoms with Gasteiger partial charge < -0.3 is 10.2 Å². The molecule has 1 aliphatic heterocycles. The fourth-order valence-electron chi connectivity index (χ4n) is 3.38. The molecule has 28 heavy (non-hydrogen) atoms. The molecule has 1 fully saturated rings. The molecular weight excluding hydrogens is 374 g/mol. The van der Waals surface area contributed by atoms with Crippen LogP contribution in [0.5, 0.6) is 0 Å². The van der Waals surface area contributed by atoms with Gasteiger partial charge in [0.2, 0.25) is 10.0 Å². The molecule has 1 aliphatic rings. The normalized spacial score (nSPS) is 14.5. The first-order valence-corrected chi connectivity index (χ1v) is 10.8. The monoisotopic (exact) mass is 401 g/mol. The van der Waals surface area contributed by atoms with Gasteiger partial charge in [-0.1, -0.05) is 12.1 Å². The zero-order chi connectivity index (χ0) is 20.5. The van der Waals surface area contributed by atoms with Crippen LogP contribution < -0.4 is 10.2 Å². The zero-order valence-corrected chi connectivity index (χ0v) is 17.6. The SMILES string of the molecule is Cc1cccc(NC(=O)c2cc(S(=O)(=O)N(C)C)ccc2N2CCCC2)c1C. The molecular formula is C21H27N3O3S. The van der Waals surface area contributed by atoms with E-state index in [2.05, 4.69) is 10.2 Å². The van der Waals surface area contributed by atoms with Crippen molar-refractivity contribution in [3.63, 3.8) is 0 Å². The molecule has 6 nitrogen and oxygen atoms in total. The largest absolute Gasteiger partial charge is 0.371 e. The van der Waals surface area contributed by atoms with Crippen molar-refractivity contribution in [3.8, 4) is 0 Å². The lowest BCUT2D eigenvalue weighted by molar-refractivity contribution is 0.102. The molecule has 2 aromatic carbocycles. The van der Waals surface area contributed by atoms with Crippen LogP contribution >= 0.6 is 0 Å². The summed E-state index contributed by atoms with van der Waals surface area (Å²) >= 11 is 0. The topological polar surface area (TPSA) is 69.7 Å². The molecule has 0 aliphatic carbocycles. The number of nitrogens with zero attached hydrogens (tertiary/aromatic N) is 2. The summed E-state index contributed by atoms with van der Waals surface area (Å²) in [4.78, 5) is 15.4. The molecule has 0 bridgehead atoms. The van der Waals surface area contributed by atoms with E-state index in [1.807, 2.05) is 32.0 Å². The molecule has 1 amide bonds. The van der Waals surface area contributed by atoms with Gasteiger partial charge in [-0.25, -0.2) is 12.7 Å². The number of carbonyl (C=O) groups is 1. The van der Waals surface area contributed by atoms with E-state index in [1.165, 1.54) is 20.2 Å². The standard InChI is InChI=1S/C21H27N3O3S/c1-15-8-7-9-19(16(15)2)22-21(25)18-14-17(28(26,27)23(3)4)10-11-20(18)24-12-5-6-13-24/h7-11,14H,5-6,12-13H2,1-4H3,(H,22,25). The van der Waals surface area contributed by atoms with Crippen LogP contribution in [0.3, 0.4) is 0 Å². The van der Waals surface area contributed by atoms with Gasteiger partial charge in [0.15, 0.2) is 0 Å². The van der Waals surface area contributed by atoms with Gasteiger partial charge >= 0.3 is 0 Å². The van der Waals surface area contributed by atoms with Gasteiger partial charge in [0.05, 0.1) is 10.5 Å². The quantitative estimate of drug-likeness (QED) is 0.834. The predicted octanol–water partition coefficient (Wildman–Crippen LogP) is 3.41. The van der Waals surface area contributed by atoms with Crippen molar-refractivity contribution < 1.29 is 13.2 Å². The highest BCUT2D eigenvalue weighted by Gasteiger charge is 2.25. The van der Waals surface area contributed by atoms with Crippen LogP contribution in [-0.4, -0.2) is 45.8 Å². The number of carbonyl (C=O) groups excluding carboxylic acids is 1. The molecule has 0 unspecified atom stereocenters. The Morgan fingerprint density at radius 2 is 1.75 bits per heavy atom. The van der Waals surface area contributed by atoms with Gasteiger partial charge in [0, 0.05) is 38.6 Å². The minimum Gasteiger partial charge on any atom is -0.371 e. The molecule has 150 valence electrons. The number of anilines is 2. The van der Waals surface area contributed by atoms with Crippen molar-refractivity contribution in [2.45, 2.75) is 31.6 Å². The predicted molar refractivity (Wildman–Crippen MR) is 113 cm³/mol. The number of aryl methyl sites for hydroxylation is 1. The van der Waals surface area contributed by atoms with Crippen LogP contribution in [0, 0.1) is 13.8 Å². The first-order valence-electron chi connectivity index (χ1n) is 9.41. The summed E-state index contributed by atoms with van der Waals surface area (Å²) in [5.74, 6) is -0.300. The van der Waals surface area contributed by atoms with Crippen molar-refractivity contribution in [3.05, 3.63) is 53.1 Å². The van der Waals surface area contributed by atoms with Gasteiger partial charge in [0.1, 0.15) is 0 Å². The molecule has 2 aromatic rings. The first-order chi connectivity index (χ1) is 13.2. The number of sulfonamides is 1. The molecule has 1 heterocycles. The summed E-state index contributed by atoms with van der Waals surface area (Å²) in [5, 5.41) is 2.97. The van der Waals surface area contributed by atoms with Gasteiger partial charge in [0.25, 0.3) is 5.91 Å². The third kappa shape index (κ3) is 3.91. The number of hydrogen-bond donors (Lipinski definition) is 1. The molecule has 0 saturated carbocycles. The molecule has 7 heteroatoms. The summed E-state index contributed by atoms with van der Waals surface area (Å²) < 4.78 is 26.3. The first kappa shape index (κ1) is 20.4. The third-order valence-corrected chi connectivity index (χ3v) is 7.10. The fourth-order valence-corrected chi connectivity index (χ4v) is 4.31. The van der Waals surface area contributed by atoms with Crippen LogP contribution in [0.25, 0.3) is 0 Å². The third-order valence-electron chi connectivity index (χ3n) is 5.29. The minimum absolute atomic E-state index is 0.117. The molecule has 1 saturated heterocycles. The van der Waals surface area contributed by atoms with Gasteiger partial charge in [-0.15, -0.1) is 0 Å². The van der Waals surface area contributed by atoms with Crippen molar-refractivity contribution in [1.82, 2.24) is 4.31 Å². The Morgan fingerprint density at radius 1 is 1.07 bits per heavy atom. The Hall–Kier alpha value is -2.38. The summed E-state index contributed by atoms with van der Waals surface area (Å²) in [6.07, 6.45) is 2.13. The van der Waals surface area contributed by atoms with Crippen molar-refractivity contribution in [2.75, 3.05) is 37.4 Å². The molecule has 0 radical (unpaired) electrons. The maximum absolute atomic E-state index is 13.2. The van der Waals surface area contributed by atoms with Gasteiger partial charge in [-0.05, 0) is 62.1 Å². The van der Waals surface area contributed by atoms with Crippen molar-refractivity contribution >= 4 is 27.3 Å². The summed E-state index contributed by atoms with van der Waals surface area (Å²) in [7, 11) is -0.655. The number of nitrogens with one attached hydrogen (secondary N) is 1. The summed E-state index contributed by atoms with van der Waals surface area (Å²) in [6.45, 7) is 5.68. The maximum Gasteiger partial charge on any atom is 0.257 e. The zero-order valence-electron chi connectivity index (χ0n) is 16.8. The van der Waals surface area contributed by atoms with E-state index in [1.54, 1.807) is 12.1 Å². The van der Waals surface area contributed by atoms with Crippen LogP contribution in [-0.2, 0) is 10.0 Å². The van der Waals surface area contributed by atoms with Crippen molar-refractivity contribution in [2.24, 2.45) is 0 Å². The minimum atomic E-state index is -3.63. The highest BCUT2D eigenvalue weighted by molar-refractivity contribution is 7.89. The van der Waals surface area contributed by atoms with E-state index in [-0.39, 0.29) is 10.8 Å². The lowest BCUT2D eigenvalue weighted by Crippen LogP contribution is -2.25. The number of amides is 1. The average Bonchev–Trinajstić information content (AvgIpc) is 3.19. The Bertz CT molecular complexity index is 994. The summed E-state index contributed by atoms with van der Waals surface area (Å²) in [5.41, 5.74) is 3.97. The van der Waals surface area contributed by atoms with E-state index < -0.39 is 10.0 Å². The Morgan fingerprint density at radius 3 is 2.39 bits per heavy atom. The smallest absolute Gasteiger partial charge is 0.257 e. The van der Waals surface area contributed by atoms with E-state index >= 15 is 0 Å². The van der Waals surface area contributed by atoms with Crippen LogP contribution in [0.1, 0.15) is 34.3 Å². The number of rotatable bonds is 5. The molecule has 0 spiro atoms. The highest BCUT2D eigenvalue weighted by Crippen LogP contribution is 2.29. The Kier molecular flexibility index (Phi) is 5.76. The van der Waals surface area contributed by atoms with Crippen molar-refractivity contribution in [1.29, 1.82) is 0 Å². The van der Waals surface area contributed by atoms with E-state index in [0.717, 1.165) is 52.7 Å².